The SMILES string of the molecule is COC(=O)c1cc(NC(=O)COC(=O)c2ccc(C=O)cc2)cc(C(=O)OC)c1. The first kappa shape index (κ1) is 21.3. The third kappa shape index (κ3) is 5.73. The molecule has 0 aliphatic rings. The predicted octanol–water partition coefficient (Wildman–Crippen LogP) is 1.87. The maximum absolute atomic E-state index is 12.1. The largest absolute Gasteiger partial charge is 0.465 e. The Balaban J connectivity index is 2.06. The van der Waals surface area contributed by atoms with Gasteiger partial charge in [0.15, 0.2) is 6.61 Å². The van der Waals surface area contributed by atoms with Crippen molar-refractivity contribution in [2.45, 2.75) is 0 Å². The van der Waals surface area contributed by atoms with Gasteiger partial charge in [0, 0.05) is 11.3 Å². The van der Waals surface area contributed by atoms with Crippen molar-refractivity contribution >= 4 is 35.8 Å². The van der Waals surface area contributed by atoms with Gasteiger partial charge in [0.25, 0.3) is 5.91 Å². The van der Waals surface area contributed by atoms with Crippen LogP contribution in [-0.4, -0.2) is 50.9 Å². The maximum Gasteiger partial charge on any atom is 0.338 e. The zero-order chi connectivity index (χ0) is 21.4. The molecule has 1 N–H and O–H groups in total. The summed E-state index contributed by atoms with van der Waals surface area (Å²) in [5, 5.41) is 2.43. The third-order valence-corrected chi connectivity index (χ3v) is 3.68. The highest BCUT2D eigenvalue weighted by atomic mass is 16.5. The smallest absolute Gasteiger partial charge is 0.338 e. The molecule has 2 aromatic carbocycles. The van der Waals surface area contributed by atoms with Crippen LogP contribution in [0.3, 0.4) is 0 Å². The Kier molecular flexibility index (Phi) is 7.19. The highest BCUT2D eigenvalue weighted by Crippen LogP contribution is 2.17. The zero-order valence-electron chi connectivity index (χ0n) is 15.6. The van der Waals surface area contributed by atoms with Crippen LogP contribution in [0.2, 0.25) is 0 Å². The van der Waals surface area contributed by atoms with E-state index in [4.69, 9.17) is 4.74 Å². The van der Waals surface area contributed by atoms with E-state index in [1.165, 1.54) is 56.7 Å². The van der Waals surface area contributed by atoms with Crippen molar-refractivity contribution in [3.8, 4) is 0 Å². The Morgan fingerprint density at radius 1 is 0.828 bits per heavy atom. The lowest BCUT2D eigenvalue weighted by molar-refractivity contribution is -0.119. The first-order valence-corrected chi connectivity index (χ1v) is 8.22. The van der Waals surface area contributed by atoms with E-state index in [1.807, 2.05) is 0 Å². The Morgan fingerprint density at radius 2 is 1.38 bits per heavy atom. The average molecular weight is 399 g/mol. The number of esters is 3. The van der Waals surface area contributed by atoms with Crippen molar-refractivity contribution in [3.63, 3.8) is 0 Å². The molecule has 0 saturated heterocycles. The first-order valence-electron chi connectivity index (χ1n) is 8.22. The van der Waals surface area contributed by atoms with E-state index in [9.17, 15) is 24.0 Å². The second kappa shape index (κ2) is 9.79. The zero-order valence-corrected chi connectivity index (χ0v) is 15.6. The first-order chi connectivity index (χ1) is 13.9. The number of aldehydes is 1. The Labute approximate surface area is 165 Å². The predicted molar refractivity (Wildman–Crippen MR) is 99.9 cm³/mol. The van der Waals surface area contributed by atoms with Gasteiger partial charge in [-0.15, -0.1) is 0 Å². The van der Waals surface area contributed by atoms with Gasteiger partial charge in [-0.05, 0) is 30.3 Å². The molecule has 0 heterocycles. The number of benzene rings is 2. The van der Waals surface area contributed by atoms with E-state index < -0.39 is 30.4 Å². The number of ether oxygens (including phenoxy) is 3. The van der Waals surface area contributed by atoms with E-state index >= 15 is 0 Å². The number of nitrogens with one attached hydrogen (secondary N) is 1. The van der Waals surface area contributed by atoms with E-state index in [0.717, 1.165) is 0 Å². The Morgan fingerprint density at radius 3 is 1.86 bits per heavy atom. The topological polar surface area (TPSA) is 125 Å². The number of anilines is 1. The summed E-state index contributed by atoms with van der Waals surface area (Å²) < 4.78 is 14.1. The number of hydrogen-bond donors (Lipinski definition) is 1. The van der Waals surface area contributed by atoms with E-state index in [1.54, 1.807) is 0 Å². The summed E-state index contributed by atoms with van der Waals surface area (Å²) in [7, 11) is 2.35. The lowest BCUT2D eigenvalue weighted by Crippen LogP contribution is -2.21. The molecule has 150 valence electrons. The summed E-state index contributed by atoms with van der Waals surface area (Å²) in [4.78, 5) is 58.2. The number of carbonyl (C=O) groups is 5. The summed E-state index contributed by atoms with van der Waals surface area (Å²) in [6, 6.07) is 9.54. The van der Waals surface area contributed by atoms with Crippen LogP contribution in [0.25, 0.3) is 0 Å². The molecule has 29 heavy (non-hydrogen) atoms. The molecule has 0 spiro atoms. The van der Waals surface area contributed by atoms with Crippen LogP contribution in [0.4, 0.5) is 5.69 Å². The molecule has 2 aromatic rings. The molecule has 0 aromatic heterocycles. The van der Waals surface area contributed by atoms with Crippen LogP contribution >= 0.6 is 0 Å². The van der Waals surface area contributed by atoms with Crippen LogP contribution in [0.15, 0.2) is 42.5 Å². The van der Waals surface area contributed by atoms with Crippen LogP contribution < -0.4 is 5.32 Å². The van der Waals surface area contributed by atoms with Crippen LogP contribution in [0.5, 0.6) is 0 Å². The number of amides is 1. The fraction of sp³-hybridized carbons (Fsp3) is 0.150. The molecular weight excluding hydrogens is 382 g/mol. The molecular formula is C20H17NO8. The van der Waals surface area contributed by atoms with Crippen molar-refractivity contribution in [2.75, 3.05) is 26.1 Å². The quantitative estimate of drug-likeness (QED) is 0.425. The summed E-state index contributed by atoms with van der Waals surface area (Å²) in [6.45, 7) is -0.607. The van der Waals surface area contributed by atoms with Crippen molar-refractivity contribution in [1.82, 2.24) is 0 Å². The van der Waals surface area contributed by atoms with Crippen molar-refractivity contribution in [1.29, 1.82) is 0 Å². The molecule has 0 unspecified atom stereocenters. The van der Waals surface area contributed by atoms with Crippen molar-refractivity contribution in [3.05, 3.63) is 64.7 Å². The molecule has 0 aliphatic heterocycles. The average Bonchev–Trinajstić information content (AvgIpc) is 2.76. The molecule has 9 nitrogen and oxygen atoms in total. The lowest BCUT2D eigenvalue weighted by Gasteiger charge is -2.10. The van der Waals surface area contributed by atoms with Gasteiger partial charge < -0.3 is 19.5 Å². The van der Waals surface area contributed by atoms with E-state index in [0.29, 0.717) is 11.8 Å². The minimum Gasteiger partial charge on any atom is -0.465 e. The second-order valence-corrected chi connectivity index (χ2v) is 5.65. The highest BCUT2D eigenvalue weighted by molar-refractivity contribution is 6.00. The van der Waals surface area contributed by atoms with Gasteiger partial charge in [-0.25, -0.2) is 14.4 Å². The lowest BCUT2D eigenvalue weighted by atomic mass is 10.1. The highest BCUT2D eigenvalue weighted by Gasteiger charge is 2.16. The molecule has 0 bridgehead atoms. The van der Waals surface area contributed by atoms with E-state index in [-0.39, 0.29) is 22.4 Å². The summed E-state index contributed by atoms with van der Waals surface area (Å²) in [5.74, 6) is -2.87. The molecule has 0 radical (unpaired) electrons. The Bertz CT molecular complexity index is 915. The van der Waals surface area contributed by atoms with Gasteiger partial charge in [-0.2, -0.15) is 0 Å². The molecule has 0 atom stereocenters. The van der Waals surface area contributed by atoms with E-state index in [2.05, 4.69) is 14.8 Å². The molecule has 0 saturated carbocycles. The molecule has 0 aliphatic carbocycles. The third-order valence-electron chi connectivity index (χ3n) is 3.68. The summed E-state index contributed by atoms with van der Waals surface area (Å²) >= 11 is 0. The second-order valence-electron chi connectivity index (χ2n) is 5.65. The van der Waals surface area contributed by atoms with Crippen molar-refractivity contribution < 1.29 is 38.2 Å². The fourth-order valence-corrected chi connectivity index (χ4v) is 2.28. The van der Waals surface area contributed by atoms with Gasteiger partial charge in [0.2, 0.25) is 0 Å². The normalized spacial score (nSPS) is 9.86. The maximum atomic E-state index is 12.1. The van der Waals surface area contributed by atoms with Gasteiger partial charge >= 0.3 is 17.9 Å². The number of methoxy groups -OCH3 is 2. The Hall–Kier alpha value is -4.01. The fourth-order valence-electron chi connectivity index (χ4n) is 2.28. The van der Waals surface area contributed by atoms with Gasteiger partial charge in [-0.3, -0.25) is 9.59 Å². The van der Waals surface area contributed by atoms with Gasteiger partial charge in [0.05, 0.1) is 30.9 Å². The summed E-state index contributed by atoms with van der Waals surface area (Å²) in [5.41, 5.74) is 0.732. The minimum absolute atomic E-state index is 0.0259. The standard InChI is InChI=1S/C20H17NO8/c1-27-18(24)14-7-15(19(25)28-2)9-16(8-14)21-17(23)11-29-20(26)13-5-3-12(10-22)4-6-13/h3-10H,11H2,1-2H3,(H,21,23). The van der Waals surface area contributed by atoms with Gasteiger partial charge in [-0.1, -0.05) is 12.1 Å². The number of hydrogen-bond acceptors (Lipinski definition) is 8. The number of carbonyl (C=O) groups excluding carboxylic acids is 5. The summed E-state index contributed by atoms with van der Waals surface area (Å²) in [6.07, 6.45) is 0.633. The minimum atomic E-state index is -0.754. The molecule has 2 rings (SSSR count). The van der Waals surface area contributed by atoms with Crippen LogP contribution in [0.1, 0.15) is 41.4 Å². The van der Waals surface area contributed by atoms with Crippen molar-refractivity contribution in [2.24, 2.45) is 0 Å². The van der Waals surface area contributed by atoms with Gasteiger partial charge in [0.1, 0.15) is 6.29 Å². The van der Waals surface area contributed by atoms with Crippen LogP contribution in [0, 0.1) is 0 Å². The monoisotopic (exact) mass is 399 g/mol. The molecule has 1 amide bonds. The number of rotatable bonds is 7. The molecule has 9 heteroatoms. The molecule has 0 fully saturated rings. The van der Waals surface area contributed by atoms with Crippen LogP contribution in [-0.2, 0) is 19.0 Å².